The number of carbonyl (C=O) groups is 1. The van der Waals surface area contributed by atoms with Crippen LogP contribution in [0.15, 0.2) is 28.8 Å². The molecule has 20 heavy (non-hydrogen) atoms. The molecule has 2 rings (SSSR count). The summed E-state index contributed by atoms with van der Waals surface area (Å²) < 4.78 is 5.19. The molecule has 2 aromatic rings. The Morgan fingerprint density at radius 1 is 1.55 bits per heavy atom. The zero-order valence-corrected chi connectivity index (χ0v) is 10.6. The predicted octanol–water partition coefficient (Wildman–Crippen LogP) is 1.40. The number of nitrogen functional groups attached to an aromatic ring is 1. The average molecular weight is 276 g/mol. The van der Waals surface area contributed by atoms with Crippen molar-refractivity contribution < 1.29 is 14.1 Å². The zero-order valence-electron chi connectivity index (χ0n) is 10.6. The van der Waals surface area contributed by atoms with Gasteiger partial charge in [0.05, 0.1) is 17.7 Å². The molecular formula is C12H12N4O4. The molecule has 104 valence electrons. The number of hydrogen-bond donors (Lipinski definition) is 2. The molecule has 1 amide bonds. The minimum absolute atomic E-state index is 0.0403. The van der Waals surface area contributed by atoms with Crippen molar-refractivity contribution in [2.45, 2.75) is 13.5 Å². The lowest BCUT2D eigenvalue weighted by atomic mass is 10.1. The van der Waals surface area contributed by atoms with Crippen molar-refractivity contribution in [3.8, 4) is 0 Å². The van der Waals surface area contributed by atoms with Gasteiger partial charge in [0.1, 0.15) is 17.0 Å². The lowest BCUT2D eigenvalue weighted by molar-refractivity contribution is -0.384. The molecule has 3 N–H and O–H groups in total. The Kier molecular flexibility index (Phi) is 3.65. The van der Waals surface area contributed by atoms with Crippen LogP contribution in [-0.2, 0) is 6.54 Å². The van der Waals surface area contributed by atoms with Crippen LogP contribution in [0.5, 0.6) is 0 Å². The molecule has 0 aliphatic heterocycles. The first-order valence-electron chi connectivity index (χ1n) is 5.71. The molecule has 1 heterocycles. The molecule has 1 aromatic carbocycles. The van der Waals surface area contributed by atoms with Gasteiger partial charge in [0, 0.05) is 0 Å². The van der Waals surface area contributed by atoms with Crippen molar-refractivity contribution >= 4 is 17.3 Å². The van der Waals surface area contributed by atoms with E-state index in [1.807, 2.05) is 0 Å². The molecule has 1 aromatic heterocycles. The number of nitrogens with zero attached hydrogens (tertiary/aromatic N) is 2. The number of anilines is 1. The van der Waals surface area contributed by atoms with Gasteiger partial charge in [-0.05, 0) is 19.1 Å². The molecule has 0 aliphatic rings. The lowest BCUT2D eigenvalue weighted by Crippen LogP contribution is -2.24. The van der Waals surface area contributed by atoms with Crippen LogP contribution in [0.4, 0.5) is 11.4 Å². The highest BCUT2D eigenvalue weighted by Gasteiger charge is 2.23. The summed E-state index contributed by atoms with van der Waals surface area (Å²) in [4.78, 5) is 26.1. The summed E-state index contributed by atoms with van der Waals surface area (Å²) in [6.07, 6.45) is 1.52. The fraction of sp³-hybridized carbons (Fsp3) is 0.167. The van der Waals surface area contributed by atoms with Gasteiger partial charge >= 0.3 is 5.69 Å². The Bertz CT molecular complexity index is 665. The molecule has 0 radical (unpaired) electrons. The van der Waals surface area contributed by atoms with Gasteiger partial charge in [-0.3, -0.25) is 14.9 Å². The first-order valence-corrected chi connectivity index (χ1v) is 5.71. The quantitative estimate of drug-likeness (QED) is 0.494. The van der Waals surface area contributed by atoms with E-state index in [0.717, 1.165) is 0 Å². The second-order valence-corrected chi connectivity index (χ2v) is 4.05. The van der Waals surface area contributed by atoms with E-state index >= 15 is 0 Å². The summed E-state index contributed by atoms with van der Waals surface area (Å²) in [5.41, 5.74) is 4.95. The zero-order chi connectivity index (χ0) is 14.7. The van der Waals surface area contributed by atoms with Crippen LogP contribution in [0, 0.1) is 17.0 Å². The highest BCUT2D eigenvalue weighted by atomic mass is 16.6. The molecule has 0 saturated carbocycles. The second-order valence-electron chi connectivity index (χ2n) is 4.05. The number of rotatable bonds is 4. The minimum atomic E-state index is -0.681. The molecule has 0 fully saturated rings. The van der Waals surface area contributed by atoms with E-state index in [4.69, 9.17) is 10.2 Å². The summed E-state index contributed by atoms with van der Waals surface area (Å²) in [5.74, 6) is 0.325. The maximum Gasteiger partial charge on any atom is 0.304 e. The van der Waals surface area contributed by atoms with E-state index in [1.165, 1.54) is 24.4 Å². The van der Waals surface area contributed by atoms with Gasteiger partial charge in [0.25, 0.3) is 5.91 Å². The number of nitrogens with one attached hydrogen (secondary N) is 1. The maximum absolute atomic E-state index is 12.0. The second kappa shape index (κ2) is 5.39. The molecule has 0 saturated heterocycles. The van der Waals surface area contributed by atoms with Crippen molar-refractivity contribution in [1.29, 1.82) is 0 Å². The van der Waals surface area contributed by atoms with Crippen LogP contribution in [0.25, 0.3) is 0 Å². The maximum atomic E-state index is 12.0. The van der Waals surface area contributed by atoms with Crippen molar-refractivity contribution in [2.75, 3.05) is 5.73 Å². The molecule has 0 bridgehead atoms. The SMILES string of the molecule is Cc1cnc(CNC(=O)c2cccc(N)c2[N+](=O)[O-])o1. The number of aromatic nitrogens is 1. The van der Waals surface area contributed by atoms with E-state index in [9.17, 15) is 14.9 Å². The smallest absolute Gasteiger partial charge is 0.304 e. The van der Waals surface area contributed by atoms with Crippen LogP contribution >= 0.6 is 0 Å². The average Bonchev–Trinajstić information content (AvgIpc) is 2.81. The number of nitro benzene ring substituents is 1. The molecule has 0 aliphatic carbocycles. The van der Waals surface area contributed by atoms with Crippen molar-refractivity contribution in [2.24, 2.45) is 0 Å². The van der Waals surface area contributed by atoms with E-state index in [0.29, 0.717) is 11.7 Å². The summed E-state index contributed by atoms with van der Waals surface area (Å²) in [5, 5.41) is 13.4. The van der Waals surface area contributed by atoms with Crippen molar-refractivity contribution in [1.82, 2.24) is 10.3 Å². The molecule has 0 unspecified atom stereocenters. The number of oxazole rings is 1. The van der Waals surface area contributed by atoms with Gasteiger partial charge in [-0.25, -0.2) is 4.98 Å². The van der Waals surface area contributed by atoms with Crippen LogP contribution < -0.4 is 11.1 Å². The molecule has 8 heteroatoms. The van der Waals surface area contributed by atoms with Crippen LogP contribution in [0.2, 0.25) is 0 Å². The number of hydrogen-bond acceptors (Lipinski definition) is 6. The summed E-state index contributed by atoms with van der Waals surface area (Å²) in [6, 6.07) is 4.18. The summed E-state index contributed by atoms with van der Waals surface area (Å²) in [6.45, 7) is 1.76. The normalized spacial score (nSPS) is 10.2. The third-order valence-electron chi connectivity index (χ3n) is 2.56. The van der Waals surface area contributed by atoms with Gasteiger partial charge in [-0.2, -0.15) is 0 Å². The van der Waals surface area contributed by atoms with Crippen molar-refractivity contribution in [3.05, 3.63) is 51.7 Å². The van der Waals surface area contributed by atoms with Crippen LogP contribution in [0.1, 0.15) is 22.0 Å². The van der Waals surface area contributed by atoms with Crippen LogP contribution in [-0.4, -0.2) is 15.8 Å². The van der Waals surface area contributed by atoms with E-state index in [-0.39, 0.29) is 17.8 Å². The van der Waals surface area contributed by atoms with Gasteiger partial charge in [0.2, 0.25) is 5.89 Å². The van der Waals surface area contributed by atoms with Crippen molar-refractivity contribution in [3.63, 3.8) is 0 Å². The third-order valence-corrected chi connectivity index (χ3v) is 2.56. The highest BCUT2D eigenvalue weighted by Crippen LogP contribution is 2.25. The standard InChI is InChI=1S/C12H12N4O4/c1-7-5-14-10(20-7)6-15-12(17)8-3-2-4-9(13)11(8)16(18)19/h2-5H,6,13H2,1H3,(H,15,17). The number of amides is 1. The van der Waals surface area contributed by atoms with E-state index < -0.39 is 16.5 Å². The van der Waals surface area contributed by atoms with E-state index in [1.54, 1.807) is 6.92 Å². The molecule has 0 atom stereocenters. The molecule has 0 spiro atoms. The summed E-state index contributed by atoms with van der Waals surface area (Å²) >= 11 is 0. The predicted molar refractivity (Wildman–Crippen MR) is 69.9 cm³/mol. The third kappa shape index (κ3) is 2.74. The fourth-order valence-electron chi connectivity index (χ4n) is 1.68. The Morgan fingerprint density at radius 2 is 2.30 bits per heavy atom. The Hall–Kier alpha value is -2.90. The Balaban J connectivity index is 2.17. The first kappa shape index (κ1) is 13.5. The highest BCUT2D eigenvalue weighted by molar-refractivity contribution is 6.00. The number of aryl methyl sites for hydroxylation is 1. The molecule has 8 nitrogen and oxygen atoms in total. The first-order chi connectivity index (χ1) is 9.49. The van der Waals surface area contributed by atoms with Gasteiger partial charge in [0.15, 0.2) is 0 Å². The number of nitro groups is 1. The van der Waals surface area contributed by atoms with Gasteiger partial charge in [-0.1, -0.05) is 6.07 Å². The largest absolute Gasteiger partial charge is 0.444 e. The lowest BCUT2D eigenvalue weighted by Gasteiger charge is -2.05. The van der Waals surface area contributed by atoms with E-state index in [2.05, 4.69) is 10.3 Å². The fourth-order valence-corrected chi connectivity index (χ4v) is 1.68. The Labute approximate surface area is 113 Å². The number of carbonyl (C=O) groups excluding carboxylic acids is 1. The number of nitrogens with two attached hydrogens (primary N) is 1. The molecular weight excluding hydrogens is 264 g/mol. The van der Waals surface area contributed by atoms with Crippen LogP contribution in [0.3, 0.4) is 0 Å². The van der Waals surface area contributed by atoms with Gasteiger partial charge < -0.3 is 15.5 Å². The van der Waals surface area contributed by atoms with Gasteiger partial charge in [-0.15, -0.1) is 0 Å². The number of para-hydroxylation sites is 1. The summed E-state index contributed by atoms with van der Waals surface area (Å²) in [7, 11) is 0. The Morgan fingerprint density at radius 3 is 2.90 bits per heavy atom. The monoisotopic (exact) mass is 276 g/mol. The topological polar surface area (TPSA) is 124 Å². The number of benzene rings is 1. The minimum Gasteiger partial charge on any atom is -0.444 e.